The lowest BCUT2D eigenvalue weighted by Crippen LogP contribution is -2.80. The average Bonchev–Trinajstić information content (AvgIpc) is 2.90. The Morgan fingerprint density at radius 3 is 2.19 bits per heavy atom. The number of hydrogen-bond donors (Lipinski definition) is 2. The van der Waals surface area contributed by atoms with Gasteiger partial charge in [-0.2, -0.15) is 0 Å². The largest absolute Gasteiger partial charge is 0.458 e. The standard InChI is InChI=1S/C33H44O9/c1-17-14-24-32(16-39-24,42-21(5)35)26-28(41-29(37)22-12-10-9-11-13-22)33(38)15-23(40-20(4)34)18(2)25(30(33,6)7)19(3)27(36)31(17,26)8/h9-13,17,19,23-24,26-28,36,38H,14-16H2,1-8H3/t17-,19+,23-,24+,26?,27-,28-,31+,32-,33+/m0/s1. The molecule has 42 heavy (non-hydrogen) atoms. The van der Waals surface area contributed by atoms with E-state index in [0.717, 1.165) is 11.1 Å². The maximum atomic E-state index is 13.9. The minimum absolute atomic E-state index is 0.0380. The molecule has 230 valence electrons. The summed E-state index contributed by atoms with van der Waals surface area (Å²) >= 11 is 0. The third kappa shape index (κ3) is 4.18. The van der Waals surface area contributed by atoms with Gasteiger partial charge in [-0.25, -0.2) is 4.79 Å². The molecule has 10 atom stereocenters. The number of ether oxygens (including phenoxy) is 4. The van der Waals surface area contributed by atoms with Crippen LogP contribution in [0, 0.1) is 28.6 Å². The minimum Gasteiger partial charge on any atom is -0.458 e. The molecule has 9 heteroatoms. The van der Waals surface area contributed by atoms with Crippen molar-refractivity contribution in [1.82, 2.24) is 0 Å². The van der Waals surface area contributed by atoms with Gasteiger partial charge in [-0.15, -0.1) is 0 Å². The molecule has 0 spiro atoms. The van der Waals surface area contributed by atoms with Gasteiger partial charge >= 0.3 is 17.9 Å². The number of carbonyl (C=O) groups excluding carboxylic acids is 3. The number of hydrogen-bond acceptors (Lipinski definition) is 9. The third-order valence-electron chi connectivity index (χ3n) is 11.3. The van der Waals surface area contributed by atoms with Crippen molar-refractivity contribution in [1.29, 1.82) is 0 Å². The van der Waals surface area contributed by atoms with Gasteiger partial charge in [0, 0.05) is 37.0 Å². The lowest BCUT2D eigenvalue weighted by Gasteiger charge is -2.69. The summed E-state index contributed by atoms with van der Waals surface area (Å²) in [7, 11) is 0. The minimum atomic E-state index is -1.79. The molecule has 5 rings (SSSR count). The first-order valence-corrected chi connectivity index (χ1v) is 14.9. The van der Waals surface area contributed by atoms with Gasteiger partial charge in [0.25, 0.3) is 0 Å². The van der Waals surface area contributed by atoms with Gasteiger partial charge in [-0.1, -0.05) is 58.4 Å². The van der Waals surface area contributed by atoms with Crippen LogP contribution in [-0.2, 0) is 28.5 Å². The molecule has 1 heterocycles. The van der Waals surface area contributed by atoms with E-state index in [1.807, 2.05) is 41.5 Å². The van der Waals surface area contributed by atoms with Crippen molar-refractivity contribution in [3.8, 4) is 0 Å². The summed E-state index contributed by atoms with van der Waals surface area (Å²) in [5, 5.41) is 25.6. The van der Waals surface area contributed by atoms with Crippen LogP contribution in [0.3, 0.4) is 0 Å². The second-order valence-electron chi connectivity index (χ2n) is 13.7. The molecule has 4 aliphatic rings. The van der Waals surface area contributed by atoms with E-state index in [1.165, 1.54) is 13.8 Å². The topological polar surface area (TPSA) is 129 Å². The van der Waals surface area contributed by atoms with Crippen LogP contribution in [0.25, 0.3) is 0 Å². The molecular formula is C33H44O9. The molecule has 0 aromatic heterocycles. The van der Waals surface area contributed by atoms with Gasteiger partial charge < -0.3 is 29.2 Å². The van der Waals surface area contributed by atoms with Gasteiger partial charge in [0.2, 0.25) is 0 Å². The Hall–Kier alpha value is -2.75. The Labute approximate surface area is 247 Å². The van der Waals surface area contributed by atoms with E-state index in [9.17, 15) is 24.6 Å². The molecule has 3 fully saturated rings. The molecular weight excluding hydrogens is 540 g/mol. The average molecular weight is 585 g/mol. The van der Waals surface area contributed by atoms with Crippen LogP contribution in [0.1, 0.15) is 78.6 Å². The summed E-state index contributed by atoms with van der Waals surface area (Å²) < 4.78 is 24.3. The summed E-state index contributed by atoms with van der Waals surface area (Å²) in [4.78, 5) is 38.8. The highest BCUT2D eigenvalue weighted by Crippen LogP contribution is 2.67. The van der Waals surface area contributed by atoms with E-state index < -0.39 is 76.2 Å². The predicted molar refractivity (Wildman–Crippen MR) is 152 cm³/mol. The highest BCUT2D eigenvalue weighted by molar-refractivity contribution is 5.89. The number of fused-ring (bicyclic) bond motifs is 5. The fourth-order valence-corrected chi connectivity index (χ4v) is 9.03. The summed E-state index contributed by atoms with van der Waals surface area (Å²) in [5.41, 5.74) is -3.26. The Kier molecular flexibility index (Phi) is 7.43. The zero-order valence-electron chi connectivity index (χ0n) is 25.8. The Morgan fingerprint density at radius 2 is 1.64 bits per heavy atom. The second kappa shape index (κ2) is 10.2. The molecule has 3 aliphatic carbocycles. The zero-order valence-corrected chi connectivity index (χ0v) is 25.8. The molecule has 2 bridgehead atoms. The lowest BCUT2D eigenvalue weighted by atomic mass is 9.42. The van der Waals surface area contributed by atoms with Crippen LogP contribution in [0.15, 0.2) is 41.5 Å². The van der Waals surface area contributed by atoms with Crippen molar-refractivity contribution in [2.75, 3.05) is 6.61 Å². The van der Waals surface area contributed by atoms with E-state index in [0.29, 0.717) is 12.0 Å². The molecule has 1 aromatic carbocycles. The molecule has 2 saturated carbocycles. The Bertz CT molecular complexity index is 1300. The molecule has 1 aliphatic heterocycles. The van der Waals surface area contributed by atoms with E-state index in [2.05, 4.69) is 0 Å². The van der Waals surface area contributed by atoms with Crippen molar-refractivity contribution in [3.63, 3.8) is 0 Å². The SMILES string of the molecule is CC(=O)O[C@H]1C[C@@]2(O)[C@@H](OC(=O)c3ccccc3)C3[C@@](C)([C@@H](C)C[C@H]4OC[C@@]34OC(C)=O)[C@@H](O)[C@H](C)C(=C1C)C2(C)C. The van der Waals surface area contributed by atoms with Crippen molar-refractivity contribution in [3.05, 3.63) is 47.0 Å². The number of benzene rings is 1. The zero-order chi connectivity index (χ0) is 31.0. The first-order valence-electron chi connectivity index (χ1n) is 14.9. The van der Waals surface area contributed by atoms with Crippen LogP contribution < -0.4 is 0 Å². The summed E-state index contributed by atoms with van der Waals surface area (Å²) in [5.74, 6) is -3.19. The van der Waals surface area contributed by atoms with Gasteiger partial charge in [0.15, 0.2) is 5.60 Å². The normalized spacial score (nSPS) is 42.1. The number of esters is 3. The number of rotatable bonds is 4. The highest BCUT2D eigenvalue weighted by atomic mass is 16.6. The molecule has 1 saturated heterocycles. The monoisotopic (exact) mass is 584 g/mol. The molecule has 2 N–H and O–H groups in total. The van der Waals surface area contributed by atoms with E-state index >= 15 is 0 Å². The van der Waals surface area contributed by atoms with Crippen molar-refractivity contribution < 1.29 is 43.5 Å². The van der Waals surface area contributed by atoms with Crippen LogP contribution >= 0.6 is 0 Å². The smallest absolute Gasteiger partial charge is 0.338 e. The third-order valence-corrected chi connectivity index (χ3v) is 11.3. The second-order valence-corrected chi connectivity index (χ2v) is 13.7. The highest BCUT2D eigenvalue weighted by Gasteiger charge is 2.76. The predicted octanol–water partition coefficient (Wildman–Crippen LogP) is 3.99. The number of aliphatic hydroxyl groups is 2. The van der Waals surface area contributed by atoms with Gasteiger partial charge in [-0.05, 0) is 37.0 Å². The Balaban J connectivity index is 1.82. The fraction of sp³-hybridized carbons (Fsp3) is 0.667. The molecule has 0 radical (unpaired) electrons. The van der Waals surface area contributed by atoms with E-state index in [1.54, 1.807) is 30.3 Å². The van der Waals surface area contributed by atoms with Crippen molar-refractivity contribution in [2.24, 2.45) is 28.6 Å². The summed E-state index contributed by atoms with van der Waals surface area (Å²) in [6, 6.07) is 8.51. The van der Waals surface area contributed by atoms with E-state index in [4.69, 9.17) is 18.9 Å². The maximum Gasteiger partial charge on any atom is 0.338 e. The molecule has 1 aromatic rings. The first kappa shape index (κ1) is 30.7. The van der Waals surface area contributed by atoms with Crippen LogP contribution in [0.5, 0.6) is 0 Å². The number of aliphatic hydroxyl groups excluding tert-OH is 1. The van der Waals surface area contributed by atoms with Gasteiger partial charge in [-0.3, -0.25) is 9.59 Å². The fourth-order valence-electron chi connectivity index (χ4n) is 9.03. The quantitative estimate of drug-likeness (QED) is 0.307. The molecule has 0 amide bonds. The van der Waals surface area contributed by atoms with Crippen LogP contribution in [0.4, 0.5) is 0 Å². The summed E-state index contributed by atoms with van der Waals surface area (Å²) in [6.07, 6.45) is -3.12. The van der Waals surface area contributed by atoms with Gasteiger partial charge in [0.05, 0.1) is 24.2 Å². The maximum absolute atomic E-state index is 13.9. The Morgan fingerprint density at radius 1 is 1.00 bits per heavy atom. The van der Waals surface area contributed by atoms with Crippen LogP contribution in [0.2, 0.25) is 0 Å². The number of carbonyl (C=O) groups is 3. The van der Waals surface area contributed by atoms with Crippen molar-refractivity contribution >= 4 is 17.9 Å². The lowest BCUT2D eigenvalue weighted by molar-refractivity contribution is -0.356. The molecule has 9 nitrogen and oxygen atoms in total. The molecule has 1 unspecified atom stereocenters. The van der Waals surface area contributed by atoms with Gasteiger partial charge in [0.1, 0.15) is 23.9 Å². The van der Waals surface area contributed by atoms with E-state index in [-0.39, 0.29) is 18.9 Å². The first-order chi connectivity index (χ1) is 19.5. The van der Waals surface area contributed by atoms with Crippen LogP contribution in [-0.4, -0.2) is 70.3 Å². The summed E-state index contributed by atoms with van der Waals surface area (Å²) in [6.45, 7) is 14.2. The van der Waals surface area contributed by atoms with Crippen molar-refractivity contribution in [2.45, 2.75) is 104 Å².